The van der Waals surface area contributed by atoms with Gasteiger partial charge >= 0.3 is 6.09 Å². The molecule has 0 spiro atoms. The molecule has 8 heteroatoms. The van der Waals surface area contributed by atoms with Gasteiger partial charge in [0.2, 0.25) is 5.91 Å². The zero-order valence-electron chi connectivity index (χ0n) is 19.3. The summed E-state index contributed by atoms with van der Waals surface area (Å²) in [5.74, 6) is 0.512. The molecule has 0 saturated carbocycles. The number of nitrogens with zero attached hydrogens (tertiary/aromatic N) is 1. The number of fused-ring (bicyclic) bond motifs is 5. The predicted molar refractivity (Wildman–Crippen MR) is 127 cm³/mol. The monoisotopic (exact) mass is 474 g/mol. The van der Waals surface area contributed by atoms with Crippen LogP contribution in [0.3, 0.4) is 0 Å². The number of methoxy groups -OCH3 is 1. The van der Waals surface area contributed by atoms with E-state index in [0.717, 1.165) is 24.0 Å². The van der Waals surface area contributed by atoms with Crippen molar-refractivity contribution < 1.29 is 23.8 Å². The molecule has 1 aromatic carbocycles. The molecule has 4 rings (SSSR count). The Hall–Kier alpha value is -2.51. The first kappa shape index (κ1) is 23.6. The van der Waals surface area contributed by atoms with Crippen molar-refractivity contribution in [1.29, 1.82) is 0 Å². The molecule has 4 atom stereocenters. The summed E-state index contributed by atoms with van der Waals surface area (Å²) in [5, 5.41) is 3.32. The first-order chi connectivity index (χ1) is 15.8. The lowest BCUT2D eigenvalue weighted by Gasteiger charge is -2.29. The van der Waals surface area contributed by atoms with E-state index in [9.17, 15) is 9.59 Å². The number of amides is 2. The molecule has 33 heavy (non-hydrogen) atoms. The van der Waals surface area contributed by atoms with Gasteiger partial charge in [0.1, 0.15) is 16.9 Å². The second-order valence-electron chi connectivity index (χ2n) is 9.03. The van der Waals surface area contributed by atoms with Gasteiger partial charge in [-0.1, -0.05) is 35.4 Å². The quantitative estimate of drug-likeness (QED) is 0.603. The van der Waals surface area contributed by atoms with Gasteiger partial charge < -0.3 is 24.4 Å². The molecule has 3 aliphatic heterocycles. The molecule has 0 radical (unpaired) electrons. The molecule has 4 bridgehead atoms. The zero-order valence-corrected chi connectivity index (χ0v) is 20.1. The van der Waals surface area contributed by atoms with Gasteiger partial charge in [-0.15, -0.1) is 0 Å². The van der Waals surface area contributed by atoms with Gasteiger partial charge in [0, 0.05) is 32.4 Å². The summed E-state index contributed by atoms with van der Waals surface area (Å²) in [4.78, 5) is 26.5. The summed E-state index contributed by atoms with van der Waals surface area (Å²) in [6.07, 6.45) is 9.45. The fraction of sp³-hybridized carbons (Fsp3) is 0.520. The summed E-state index contributed by atoms with van der Waals surface area (Å²) in [7, 11) is 3.31. The normalized spacial score (nSPS) is 30.9. The van der Waals surface area contributed by atoms with E-state index >= 15 is 0 Å². The highest BCUT2D eigenvalue weighted by atomic mass is 35.5. The molecule has 3 aliphatic rings. The number of benzene rings is 1. The van der Waals surface area contributed by atoms with E-state index in [1.807, 2.05) is 18.2 Å². The maximum absolute atomic E-state index is 12.9. The number of halogens is 1. The molecule has 2 saturated heterocycles. The van der Waals surface area contributed by atoms with Gasteiger partial charge in [0.05, 0.1) is 25.0 Å². The average molecular weight is 475 g/mol. The second kappa shape index (κ2) is 10.2. The third-order valence-corrected chi connectivity index (χ3v) is 6.80. The minimum Gasteiger partial charge on any atom is -0.495 e. The van der Waals surface area contributed by atoms with Crippen LogP contribution in [0.4, 0.5) is 10.5 Å². The Bertz CT molecular complexity index is 976. The SMILES string of the molecule is COc1cc2cc(c1Cl)N(C)C(=O)CC[C@@H]1OC1CC1CC(C/C=C/C=C(\C)C2)NC(=O)O1. The van der Waals surface area contributed by atoms with E-state index in [-0.39, 0.29) is 36.4 Å². The summed E-state index contributed by atoms with van der Waals surface area (Å²) in [5.41, 5.74) is 2.80. The van der Waals surface area contributed by atoms with E-state index in [1.165, 1.54) is 0 Å². The minimum atomic E-state index is -0.374. The number of ether oxygens (including phenoxy) is 3. The van der Waals surface area contributed by atoms with Crippen molar-refractivity contribution in [1.82, 2.24) is 5.32 Å². The van der Waals surface area contributed by atoms with Gasteiger partial charge in [-0.05, 0) is 43.9 Å². The number of rotatable bonds is 1. The van der Waals surface area contributed by atoms with Crippen LogP contribution < -0.4 is 15.0 Å². The standard InChI is InChI=1S/C25H31ClN2O5/c1-15-6-4-5-7-17-13-18(32-25(30)27-17)14-21-20(33-21)8-9-23(29)28(2)19-11-16(10-15)12-22(31-3)24(19)26/h4-6,11-12,17-18,20-21H,7-10,13-14H2,1-3H3,(H,27,30)/b5-4+,15-6+/t17?,18?,20-,21?/m0/s1. The van der Waals surface area contributed by atoms with E-state index in [0.29, 0.717) is 42.1 Å². The topological polar surface area (TPSA) is 80.4 Å². The molecule has 7 nitrogen and oxygen atoms in total. The minimum absolute atomic E-state index is 0.0135. The number of alkyl carbamates (subject to hydrolysis) is 1. The molecule has 1 aromatic rings. The lowest BCUT2D eigenvalue weighted by Crippen LogP contribution is -2.45. The van der Waals surface area contributed by atoms with Crippen LogP contribution in [0.25, 0.3) is 0 Å². The molecule has 178 valence electrons. The Morgan fingerprint density at radius 1 is 1.21 bits per heavy atom. The average Bonchev–Trinajstić information content (AvgIpc) is 3.52. The van der Waals surface area contributed by atoms with Crippen LogP contribution in [0, 0.1) is 0 Å². The summed E-state index contributed by atoms with van der Waals surface area (Å²) in [6, 6.07) is 3.90. The Balaban J connectivity index is 1.58. The van der Waals surface area contributed by atoms with Crippen LogP contribution in [0.15, 0.2) is 35.9 Å². The molecule has 0 aliphatic carbocycles. The number of hydrogen-bond donors (Lipinski definition) is 1. The molecule has 2 fully saturated rings. The molecule has 0 aromatic heterocycles. The Kier molecular flexibility index (Phi) is 7.29. The third-order valence-electron chi connectivity index (χ3n) is 6.42. The van der Waals surface area contributed by atoms with Crippen LogP contribution in [0.5, 0.6) is 5.75 Å². The highest BCUT2D eigenvalue weighted by Gasteiger charge is 2.42. The second-order valence-corrected chi connectivity index (χ2v) is 9.41. The summed E-state index contributed by atoms with van der Waals surface area (Å²) >= 11 is 6.55. The van der Waals surface area contributed by atoms with E-state index in [2.05, 4.69) is 24.4 Å². The molecular formula is C25H31ClN2O5. The number of allylic oxidation sites excluding steroid dienone is 3. The lowest BCUT2D eigenvalue weighted by molar-refractivity contribution is -0.118. The van der Waals surface area contributed by atoms with Crippen molar-refractivity contribution in [3.05, 3.63) is 46.5 Å². The lowest BCUT2D eigenvalue weighted by atomic mass is 9.99. The molecule has 2 amide bonds. The van der Waals surface area contributed by atoms with E-state index in [4.69, 9.17) is 25.8 Å². The summed E-state index contributed by atoms with van der Waals surface area (Å²) in [6.45, 7) is 2.06. The molecule has 3 unspecified atom stereocenters. The fourth-order valence-electron chi connectivity index (χ4n) is 4.53. The number of carbonyl (C=O) groups is 2. The van der Waals surface area contributed by atoms with Crippen molar-refractivity contribution in [2.24, 2.45) is 0 Å². The smallest absolute Gasteiger partial charge is 0.407 e. The molecule has 1 N–H and O–H groups in total. The highest BCUT2D eigenvalue weighted by molar-refractivity contribution is 6.35. The van der Waals surface area contributed by atoms with Crippen LogP contribution in [-0.4, -0.2) is 50.5 Å². The van der Waals surface area contributed by atoms with Crippen LogP contribution in [-0.2, 0) is 20.7 Å². The van der Waals surface area contributed by atoms with Crippen molar-refractivity contribution in [2.45, 2.75) is 69.8 Å². The van der Waals surface area contributed by atoms with Crippen molar-refractivity contribution in [3.63, 3.8) is 0 Å². The number of carbonyl (C=O) groups excluding carboxylic acids is 2. The van der Waals surface area contributed by atoms with Gasteiger partial charge in [-0.25, -0.2) is 4.79 Å². The number of epoxide rings is 1. The largest absolute Gasteiger partial charge is 0.495 e. The first-order valence-electron chi connectivity index (χ1n) is 11.4. The van der Waals surface area contributed by atoms with Crippen molar-refractivity contribution in [2.75, 3.05) is 19.1 Å². The van der Waals surface area contributed by atoms with Crippen molar-refractivity contribution >= 4 is 29.3 Å². The highest BCUT2D eigenvalue weighted by Crippen LogP contribution is 2.38. The van der Waals surface area contributed by atoms with Crippen LogP contribution >= 0.6 is 11.6 Å². The maximum atomic E-state index is 12.9. The van der Waals surface area contributed by atoms with Crippen LogP contribution in [0.2, 0.25) is 5.02 Å². The molecule has 3 heterocycles. The first-order valence-corrected chi connectivity index (χ1v) is 11.8. The third kappa shape index (κ3) is 5.89. The Morgan fingerprint density at radius 3 is 2.82 bits per heavy atom. The van der Waals surface area contributed by atoms with Crippen LogP contribution in [0.1, 0.15) is 44.6 Å². The van der Waals surface area contributed by atoms with Gasteiger partial charge in [-0.2, -0.15) is 0 Å². The molecular weight excluding hydrogens is 444 g/mol. The van der Waals surface area contributed by atoms with Gasteiger partial charge in [0.25, 0.3) is 0 Å². The Morgan fingerprint density at radius 2 is 2.03 bits per heavy atom. The maximum Gasteiger partial charge on any atom is 0.407 e. The van der Waals surface area contributed by atoms with Crippen molar-refractivity contribution in [3.8, 4) is 5.75 Å². The number of anilines is 1. The van der Waals surface area contributed by atoms with E-state index in [1.54, 1.807) is 19.1 Å². The van der Waals surface area contributed by atoms with E-state index < -0.39 is 0 Å². The zero-order chi connectivity index (χ0) is 23.5. The number of hydrogen-bond acceptors (Lipinski definition) is 5. The van der Waals surface area contributed by atoms with Gasteiger partial charge in [-0.3, -0.25) is 4.79 Å². The number of nitrogens with one attached hydrogen (secondary N) is 1. The fourth-order valence-corrected chi connectivity index (χ4v) is 4.85. The Labute approximate surface area is 199 Å². The predicted octanol–water partition coefficient (Wildman–Crippen LogP) is 4.56. The summed E-state index contributed by atoms with van der Waals surface area (Å²) < 4.78 is 16.7. The van der Waals surface area contributed by atoms with Gasteiger partial charge in [0.15, 0.2) is 0 Å².